The number of nitrogens with two attached hydrogens (primary N) is 1. The lowest BCUT2D eigenvalue weighted by molar-refractivity contribution is 0.273. The van der Waals surface area contributed by atoms with Crippen molar-refractivity contribution in [2.24, 2.45) is 10.7 Å². The Morgan fingerprint density at radius 2 is 2.33 bits per heavy atom. The number of likely N-dealkylation sites (tertiary alicyclic amines) is 1. The van der Waals surface area contributed by atoms with Crippen molar-refractivity contribution >= 4 is 17.3 Å². The maximum Gasteiger partial charge on any atom is 0.188 e. The Bertz CT molecular complexity index is 463. The molecule has 1 aromatic heterocycles. The van der Waals surface area contributed by atoms with Gasteiger partial charge in [-0.3, -0.25) is 9.89 Å². The van der Waals surface area contributed by atoms with E-state index in [4.69, 9.17) is 5.73 Å². The first kappa shape index (κ1) is 16.2. The van der Waals surface area contributed by atoms with Crippen LogP contribution in [0.25, 0.3) is 0 Å². The molecule has 0 saturated carbocycles. The van der Waals surface area contributed by atoms with Crippen LogP contribution in [0.4, 0.5) is 0 Å². The van der Waals surface area contributed by atoms with E-state index >= 15 is 0 Å². The van der Waals surface area contributed by atoms with Crippen LogP contribution in [0.1, 0.15) is 35.3 Å². The van der Waals surface area contributed by atoms with Gasteiger partial charge in [0.1, 0.15) is 0 Å². The molecule has 1 aromatic rings. The van der Waals surface area contributed by atoms with Crippen LogP contribution in [0.2, 0.25) is 0 Å². The van der Waals surface area contributed by atoms with Crippen LogP contribution < -0.4 is 11.1 Å². The summed E-state index contributed by atoms with van der Waals surface area (Å²) in [5.41, 5.74) is 7.08. The first-order valence-corrected chi connectivity index (χ1v) is 8.62. The van der Waals surface area contributed by atoms with E-state index in [1.165, 1.54) is 29.3 Å². The van der Waals surface area contributed by atoms with Gasteiger partial charge in [-0.05, 0) is 39.8 Å². The van der Waals surface area contributed by atoms with Crippen LogP contribution in [-0.2, 0) is 6.42 Å². The zero-order valence-electron chi connectivity index (χ0n) is 13.4. The number of nitrogens with one attached hydrogen (secondary N) is 1. The van der Waals surface area contributed by atoms with Gasteiger partial charge in [-0.15, -0.1) is 11.3 Å². The fraction of sp³-hybridized carbons (Fsp3) is 0.733. The molecule has 2 rings (SSSR count). The SMILES string of the molecule is CCN1CCCC1CN=C(N)NCCc1nc(C)c(C)s1. The number of aromatic nitrogens is 1. The molecular formula is C15H27N5S. The minimum atomic E-state index is 0.558. The molecule has 118 valence electrons. The van der Waals surface area contributed by atoms with Gasteiger partial charge in [0.15, 0.2) is 5.96 Å². The number of thiazole rings is 1. The number of hydrogen-bond acceptors (Lipinski definition) is 4. The number of rotatable bonds is 6. The van der Waals surface area contributed by atoms with Crippen molar-refractivity contribution in [1.29, 1.82) is 0 Å². The Kier molecular flexibility index (Phi) is 5.99. The van der Waals surface area contributed by atoms with E-state index < -0.39 is 0 Å². The summed E-state index contributed by atoms with van der Waals surface area (Å²) in [6.07, 6.45) is 3.42. The lowest BCUT2D eigenvalue weighted by atomic mass is 10.2. The molecule has 21 heavy (non-hydrogen) atoms. The Morgan fingerprint density at radius 3 is 3.00 bits per heavy atom. The molecule has 0 radical (unpaired) electrons. The van der Waals surface area contributed by atoms with Gasteiger partial charge < -0.3 is 11.1 Å². The van der Waals surface area contributed by atoms with E-state index in [1.807, 2.05) is 0 Å². The van der Waals surface area contributed by atoms with Gasteiger partial charge in [0.2, 0.25) is 0 Å². The molecule has 2 heterocycles. The van der Waals surface area contributed by atoms with E-state index in [0.717, 1.165) is 31.7 Å². The molecule has 1 aliphatic heterocycles. The lowest BCUT2D eigenvalue weighted by Crippen LogP contribution is -2.36. The molecule has 6 heteroatoms. The molecule has 1 aliphatic rings. The van der Waals surface area contributed by atoms with Crippen LogP contribution in [0.15, 0.2) is 4.99 Å². The average Bonchev–Trinajstić information content (AvgIpc) is 3.03. The van der Waals surface area contributed by atoms with E-state index in [-0.39, 0.29) is 0 Å². The molecular weight excluding hydrogens is 282 g/mol. The summed E-state index contributed by atoms with van der Waals surface area (Å²) in [6.45, 7) is 10.3. The molecule has 5 nitrogen and oxygen atoms in total. The van der Waals surface area contributed by atoms with Crippen molar-refractivity contribution < 1.29 is 0 Å². The third-order valence-electron chi connectivity index (χ3n) is 4.10. The molecule has 3 N–H and O–H groups in total. The van der Waals surface area contributed by atoms with Gasteiger partial charge in [0.05, 0.1) is 17.2 Å². The summed E-state index contributed by atoms with van der Waals surface area (Å²) in [6, 6.07) is 0.569. The summed E-state index contributed by atoms with van der Waals surface area (Å²) < 4.78 is 0. The smallest absolute Gasteiger partial charge is 0.188 e. The van der Waals surface area contributed by atoms with Crippen LogP contribution in [0.3, 0.4) is 0 Å². The molecule has 0 amide bonds. The summed E-state index contributed by atoms with van der Waals surface area (Å²) in [4.78, 5) is 12.8. The monoisotopic (exact) mass is 309 g/mol. The number of hydrogen-bond donors (Lipinski definition) is 2. The Balaban J connectivity index is 1.71. The lowest BCUT2D eigenvalue weighted by Gasteiger charge is -2.20. The van der Waals surface area contributed by atoms with Gasteiger partial charge in [-0.1, -0.05) is 6.92 Å². The highest BCUT2D eigenvalue weighted by Gasteiger charge is 2.22. The number of likely N-dealkylation sites (N-methyl/N-ethyl adjacent to an activating group) is 1. The predicted molar refractivity (Wildman–Crippen MR) is 90.1 cm³/mol. The van der Waals surface area contributed by atoms with Crippen LogP contribution in [-0.4, -0.2) is 48.1 Å². The molecule has 1 unspecified atom stereocenters. The van der Waals surface area contributed by atoms with Crippen molar-refractivity contribution in [2.75, 3.05) is 26.2 Å². The normalized spacial score (nSPS) is 20.1. The molecule has 0 bridgehead atoms. The number of aliphatic imine (C=N–C) groups is 1. The minimum Gasteiger partial charge on any atom is -0.370 e. The highest BCUT2D eigenvalue weighted by molar-refractivity contribution is 7.11. The first-order chi connectivity index (χ1) is 10.1. The van der Waals surface area contributed by atoms with Gasteiger partial charge >= 0.3 is 0 Å². The quantitative estimate of drug-likeness (QED) is 0.620. The van der Waals surface area contributed by atoms with E-state index in [2.05, 4.69) is 41.0 Å². The molecule has 1 atom stereocenters. The fourth-order valence-electron chi connectivity index (χ4n) is 2.72. The van der Waals surface area contributed by atoms with E-state index in [9.17, 15) is 0 Å². The molecule has 0 aromatic carbocycles. The van der Waals surface area contributed by atoms with Crippen molar-refractivity contribution in [1.82, 2.24) is 15.2 Å². The zero-order chi connectivity index (χ0) is 15.2. The van der Waals surface area contributed by atoms with Crippen molar-refractivity contribution in [3.63, 3.8) is 0 Å². The van der Waals surface area contributed by atoms with Gasteiger partial charge in [0, 0.05) is 23.9 Å². The highest BCUT2D eigenvalue weighted by Crippen LogP contribution is 2.17. The standard InChI is InChI=1S/C15H27N5S/c1-4-20-9-5-6-13(20)10-18-15(16)17-8-7-14-19-11(2)12(3)21-14/h13H,4-10H2,1-3H3,(H3,16,17,18). The Hall–Kier alpha value is -1.14. The van der Waals surface area contributed by atoms with Gasteiger partial charge in [0.25, 0.3) is 0 Å². The number of nitrogens with zero attached hydrogens (tertiary/aromatic N) is 3. The van der Waals surface area contributed by atoms with Crippen molar-refractivity contribution in [3.05, 3.63) is 15.6 Å². The molecule has 1 fully saturated rings. The average molecular weight is 309 g/mol. The van der Waals surface area contributed by atoms with E-state index in [1.54, 1.807) is 11.3 Å². The summed E-state index contributed by atoms with van der Waals surface area (Å²) in [7, 11) is 0. The highest BCUT2D eigenvalue weighted by atomic mass is 32.1. The maximum atomic E-state index is 5.94. The van der Waals surface area contributed by atoms with Crippen molar-refractivity contribution in [2.45, 2.75) is 46.1 Å². The Labute approximate surface area is 131 Å². The summed E-state index contributed by atoms with van der Waals surface area (Å²) in [5, 5.41) is 4.36. The van der Waals surface area contributed by atoms with Crippen molar-refractivity contribution in [3.8, 4) is 0 Å². The third kappa shape index (κ3) is 4.68. The topological polar surface area (TPSA) is 66.5 Å². The summed E-state index contributed by atoms with van der Waals surface area (Å²) >= 11 is 1.76. The number of aryl methyl sites for hydroxylation is 2. The van der Waals surface area contributed by atoms with E-state index in [0.29, 0.717) is 12.0 Å². The number of guanidine groups is 1. The maximum absolute atomic E-state index is 5.94. The molecule has 0 aliphatic carbocycles. The second-order valence-electron chi connectivity index (χ2n) is 5.58. The van der Waals surface area contributed by atoms with Crippen LogP contribution >= 0.6 is 11.3 Å². The third-order valence-corrected chi connectivity index (χ3v) is 5.23. The minimum absolute atomic E-state index is 0.558. The first-order valence-electron chi connectivity index (χ1n) is 7.81. The predicted octanol–water partition coefficient (Wildman–Crippen LogP) is 1.69. The van der Waals surface area contributed by atoms with Gasteiger partial charge in [-0.2, -0.15) is 0 Å². The largest absolute Gasteiger partial charge is 0.370 e. The Morgan fingerprint density at radius 1 is 1.52 bits per heavy atom. The molecule has 1 saturated heterocycles. The fourth-order valence-corrected chi connectivity index (χ4v) is 3.65. The molecule has 0 spiro atoms. The second-order valence-corrected chi connectivity index (χ2v) is 6.86. The van der Waals surface area contributed by atoms with Gasteiger partial charge in [-0.25, -0.2) is 4.98 Å². The van der Waals surface area contributed by atoms with Crippen LogP contribution in [0.5, 0.6) is 0 Å². The zero-order valence-corrected chi connectivity index (χ0v) is 14.2. The summed E-state index contributed by atoms with van der Waals surface area (Å²) in [5.74, 6) is 0.558. The van der Waals surface area contributed by atoms with Crippen LogP contribution in [0, 0.1) is 13.8 Å². The second kappa shape index (κ2) is 7.75.